The molecule has 1 saturated carbocycles. The molecular formula is C19H22FN3O2S. The van der Waals surface area contributed by atoms with Crippen LogP contribution in [-0.2, 0) is 4.79 Å². The minimum absolute atomic E-state index is 0.179. The predicted octanol–water partition coefficient (Wildman–Crippen LogP) is 2.92. The van der Waals surface area contributed by atoms with Crippen LogP contribution in [0.25, 0.3) is 6.08 Å². The molecule has 5 nitrogen and oxygen atoms in total. The highest BCUT2D eigenvalue weighted by Crippen LogP contribution is 2.34. The van der Waals surface area contributed by atoms with Gasteiger partial charge in [0.15, 0.2) is 5.17 Å². The molecule has 0 aromatic heterocycles. The predicted molar refractivity (Wildman–Crippen MR) is 101 cm³/mol. The van der Waals surface area contributed by atoms with Crippen molar-refractivity contribution in [3.63, 3.8) is 0 Å². The Morgan fingerprint density at radius 1 is 1.38 bits per heavy atom. The van der Waals surface area contributed by atoms with Crippen LogP contribution in [0.5, 0.6) is 5.75 Å². The number of hydrogen-bond donors (Lipinski definition) is 1. The van der Waals surface area contributed by atoms with Crippen molar-refractivity contribution >= 4 is 28.9 Å². The molecule has 2 heterocycles. The Kier molecular flexibility index (Phi) is 4.75. The Bertz CT molecular complexity index is 791. The van der Waals surface area contributed by atoms with Crippen LogP contribution in [-0.4, -0.2) is 58.2 Å². The van der Waals surface area contributed by atoms with Gasteiger partial charge in [-0.15, -0.1) is 0 Å². The summed E-state index contributed by atoms with van der Waals surface area (Å²) in [5.74, 6) is -0.112. The molecule has 7 heteroatoms. The number of aromatic hydroxyl groups is 1. The van der Waals surface area contributed by atoms with E-state index in [-0.39, 0.29) is 11.7 Å². The van der Waals surface area contributed by atoms with Crippen LogP contribution < -0.4 is 0 Å². The Morgan fingerprint density at radius 2 is 2.19 bits per heavy atom. The number of phenols is 1. The zero-order valence-electron chi connectivity index (χ0n) is 14.7. The lowest BCUT2D eigenvalue weighted by Gasteiger charge is -2.40. The van der Waals surface area contributed by atoms with Gasteiger partial charge in [-0.2, -0.15) is 4.99 Å². The fourth-order valence-electron chi connectivity index (χ4n) is 3.45. The van der Waals surface area contributed by atoms with Crippen molar-refractivity contribution in [3.8, 4) is 5.75 Å². The summed E-state index contributed by atoms with van der Waals surface area (Å²) in [6, 6.07) is 4.07. The number of aliphatic imine (C=N–C) groups is 1. The van der Waals surface area contributed by atoms with Crippen LogP contribution in [0, 0.1) is 11.7 Å². The van der Waals surface area contributed by atoms with E-state index in [9.17, 15) is 14.3 Å². The highest BCUT2D eigenvalue weighted by atomic mass is 32.2. The monoisotopic (exact) mass is 375 g/mol. The Labute approximate surface area is 156 Å². The van der Waals surface area contributed by atoms with Gasteiger partial charge < -0.3 is 10.0 Å². The second-order valence-corrected chi connectivity index (χ2v) is 8.27. The summed E-state index contributed by atoms with van der Waals surface area (Å²) in [4.78, 5) is 21.6. The number of hydrogen-bond acceptors (Lipinski definition) is 5. The molecule has 0 bridgehead atoms. The number of amides is 1. The molecule has 0 spiro atoms. The quantitative estimate of drug-likeness (QED) is 0.824. The molecule has 0 radical (unpaired) electrons. The van der Waals surface area contributed by atoms with E-state index >= 15 is 0 Å². The molecule has 1 aromatic carbocycles. The highest BCUT2D eigenvalue weighted by Gasteiger charge is 2.34. The SMILES string of the molecule is C[C@H]1CN(CC2CC2)CCN1C1=NC(=O)C(=Cc2ccc(F)cc2O)S1. The number of carbonyl (C=O) groups is 1. The first-order chi connectivity index (χ1) is 12.5. The van der Waals surface area contributed by atoms with Gasteiger partial charge in [-0.1, -0.05) is 0 Å². The number of piperazine rings is 1. The molecule has 138 valence electrons. The van der Waals surface area contributed by atoms with Crippen molar-refractivity contribution in [1.82, 2.24) is 9.80 Å². The van der Waals surface area contributed by atoms with Gasteiger partial charge in [0, 0.05) is 43.9 Å². The van der Waals surface area contributed by atoms with Crippen LogP contribution in [0.2, 0.25) is 0 Å². The standard InChI is InChI=1S/C19H22FN3O2S/c1-12-10-22(11-13-2-3-13)6-7-23(12)19-21-18(25)17(26-19)8-14-4-5-15(20)9-16(14)24/h4-5,8-9,12-13,24H,2-3,6-7,10-11H2,1H3/t12-/m0/s1. The van der Waals surface area contributed by atoms with Gasteiger partial charge in [0.25, 0.3) is 5.91 Å². The fraction of sp³-hybridized carbons (Fsp3) is 0.474. The smallest absolute Gasteiger partial charge is 0.286 e. The third kappa shape index (κ3) is 3.78. The van der Waals surface area contributed by atoms with E-state index in [1.807, 2.05) is 0 Å². The number of thioether (sulfide) groups is 1. The summed E-state index contributed by atoms with van der Waals surface area (Å²) < 4.78 is 13.1. The first-order valence-electron chi connectivity index (χ1n) is 8.99. The zero-order chi connectivity index (χ0) is 18.3. The fourth-order valence-corrected chi connectivity index (χ4v) is 4.48. The van der Waals surface area contributed by atoms with Crippen LogP contribution in [0.4, 0.5) is 4.39 Å². The molecule has 0 unspecified atom stereocenters. The number of carbonyl (C=O) groups excluding carboxylic acids is 1. The molecule has 1 atom stereocenters. The summed E-state index contributed by atoms with van der Waals surface area (Å²) in [5, 5.41) is 10.6. The van der Waals surface area contributed by atoms with Crippen LogP contribution in [0.1, 0.15) is 25.3 Å². The molecule has 1 aliphatic carbocycles. The number of halogens is 1. The van der Waals surface area contributed by atoms with Crippen molar-refractivity contribution in [2.75, 3.05) is 26.2 Å². The van der Waals surface area contributed by atoms with Gasteiger partial charge in [0.1, 0.15) is 11.6 Å². The summed E-state index contributed by atoms with van der Waals surface area (Å²) in [7, 11) is 0. The lowest BCUT2D eigenvalue weighted by Crippen LogP contribution is -2.53. The molecule has 2 aliphatic heterocycles. The van der Waals surface area contributed by atoms with Gasteiger partial charge in [-0.25, -0.2) is 4.39 Å². The topological polar surface area (TPSA) is 56.1 Å². The zero-order valence-corrected chi connectivity index (χ0v) is 15.5. The molecular weight excluding hydrogens is 353 g/mol. The van der Waals surface area contributed by atoms with Gasteiger partial charge in [0.2, 0.25) is 0 Å². The van der Waals surface area contributed by atoms with Crippen LogP contribution in [0.15, 0.2) is 28.1 Å². The molecule has 2 fully saturated rings. The lowest BCUT2D eigenvalue weighted by atomic mass is 10.2. The van der Waals surface area contributed by atoms with E-state index in [1.165, 1.54) is 43.3 Å². The van der Waals surface area contributed by atoms with Crippen molar-refractivity contribution in [3.05, 3.63) is 34.5 Å². The highest BCUT2D eigenvalue weighted by molar-refractivity contribution is 8.18. The van der Waals surface area contributed by atoms with E-state index in [4.69, 9.17) is 0 Å². The molecule has 1 amide bonds. The van der Waals surface area contributed by atoms with E-state index in [0.29, 0.717) is 16.5 Å². The van der Waals surface area contributed by atoms with E-state index in [1.54, 1.807) is 6.08 Å². The van der Waals surface area contributed by atoms with Crippen molar-refractivity contribution in [2.24, 2.45) is 10.9 Å². The molecule has 3 aliphatic rings. The van der Waals surface area contributed by atoms with E-state index in [2.05, 4.69) is 21.7 Å². The second-order valence-electron chi connectivity index (χ2n) is 7.26. The number of rotatable bonds is 3. The van der Waals surface area contributed by atoms with Gasteiger partial charge in [-0.05, 0) is 55.7 Å². The molecule has 1 N–H and O–H groups in total. The average molecular weight is 375 g/mol. The Morgan fingerprint density at radius 3 is 2.88 bits per heavy atom. The third-order valence-electron chi connectivity index (χ3n) is 5.06. The molecule has 1 saturated heterocycles. The van der Waals surface area contributed by atoms with Gasteiger partial charge in [0.05, 0.1) is 4.91 Å². The maximum atomic E-state index is 13.1. The maximum absolute atomic E-state index is 13.1. The number of nitrogens with zero attached hydrogens (tertiary/aromatic N) is 3. The van der Waals surface area contributed by atoms with Crippen molar-refractivity contribution in [1.29, 1.82) is 0 Å². The average Bonchev–Trinajstić information content (AvgIpc) is 3.32. The molecule has 1 aromatic rings. The lowest BCUT2D eigenvalue weighted by molar-refractivity contribution is -0.113. The number of phenolic OH excluding ortho intramolecular Hbond substituents is 1. The van der Waals surface area contributed by atoms with E-state index in [0.717, 1.165) is 36.8 Å². The molecule has 26 heavy (non-hydrogen) atoms. The minimum atomic E-state index is -0.509. The first kappa shape index (κ1) is 17.5. The normalized spacial score (nSPS) is 25.8. The summed E-state index contributed by atoms with van der Waals surface area (Å²) in [5.41, 5.74) is 0.418. The summed E-state index contributed by atoms with van der Waals surface area (Å²) in [6.45, 7) is 6.20. The largest absolute Gasteiger partial charge is 0.507 e. The van der Waals surface area contributed by atoms with Crippen molar-refractivity contribution in [2.45, 2.75) is 25.8 Å². The number of benzene rings is 1. The summed E-state index contributed by atoms with van der Waals surface area (Å²) in [6.07, 6.45) is 4.29. The van der Waals surface area contributed by atoms with Crippen molar-refractivity contribution < 1.29 is 14.3 Å². The van der Waals surface area contributed by atoms with Crippen LogP contribution >= 0.6 is 11.8 Å². The van der Waals surface area contributed by atoms with E-state index < -0.39 is 5.82 Å². The maximum Gasteiger partial charge on any atom is 0.286 e. The second kappa shape index (κ2) is 7.04. The van der Waals surface area contributed by atoms with Gasteiger partial charge >= 0.3 is 0 Å². The summed E-state index contributed by atoms with van der Waals surface area (Å²) >= 11 is 1.33. The Balaban J connectivity index is 1.43. The minimum Gasteiger partial charge on any atom is -0.507 e. The Hall–Kier alpha value is -1.86. The van der Waals surface area contributed by atoms with Gasteiger partial charge in [-0.3, -0.25) is 9.69 Å². The molecule has 4 rings (SSSR count). The number of amidine groups is 1. The van der Waals surface area contributed by atoms with Crippen LogP contribution in [0.3, 0.4) is 0 Å². The third-order valence-corrected chi connectivity index (χ3v) is 6.08. The first-order valence-corrected chi connectivity index (χ1v) is 9.81.